The third kappa shape index (κ3) is 3.58. The van der Waals surface area contributed by atoms with Gasteiger partial charge in [0.25, 0.3) is 5.69 Å². The summed E-state index contributed by atoms with van der Waals surface area (Å²) in [5, 5.41) is 11.3. The van der Waals surface area contributed by atoms with Gasteiger partial charge in [-0.1, -0.05) is 42.5 Å². The van der Waals surface area contributed by atoms with Crippen molar-refractivity contribution in [2.24, 2.45) is 0 Å². The molecule has 122 valence electrons. The zero-order valence-electron chi connectivity index (χ0n) is 13.1. The SMILES string of the molecule is O=C(c1ccccc1)c1cc(C=CC2CCCO2)ccc1[N+](=O)[O-]. The normalized spacial score (nSPS) is 17.2. The standard InChI is InChI=1S/C19H17NO4/c21-19(15-5-2-1-3-6-15)17-13-14(9-11-18(17)20(22)23)8-10-16-7-4-12-24-16/h1-3,5-6,8-11,13,16H,4,7,12H2. The molecule has 5 nitrogen and oxygen atoms in total. The van der Waals surface area contributed by atoms with Crippen molar-refractivity contribution < 1.29 is 14.5 Å². The van der Waals surface area contributed by atoms with Gasteiger partial charge in [-0.3, -0.25) is 14.9 Å². The third-order valence-corrected chi connectivity index (χ3v) is 3.97. The zero-order valence-corrected chi connectivity index (χ0v) is 13.1. The van der Waals surface area contributed by atoms with E-state index < -0.39 is 4.92 Å². The van der Waals surface area contributed by atoms with Crippen molar-refractivity contribution in [1.82, 2.24) is 0 Å². The number of ketones is 1. The first-order valence-electron chi connectivity index (χ1n) is 7.83. The summed E-state index contributed by atoms with van der Waals surface area (Å²) < 4.78 is 5.52. The second-order valence-corrected chi connectivity index (χ2v) is 5.64. The smallest absolute Gasteiger partial charge is 0.280 e. The molecule has 2 aromatic carbocycles. The van der Waals surface area contributed by atoms with Gasteiger partial charge in [-0.05, 0) is 30.5 Å². The summed E-state index contributed by atoms with van der Waals surface area (Å²) >= 11 is 0. The van der Waals surface area contributed by atoms with Gasteiger partial charge < -0.3 is 4.74 Å². The predicted molar refractivity (Wildman–Crippen MR) is 91.0 cm³/mol. The molecule has 1 saturated heterocycles. The van der Waals surface area contributed by atoms with Crippen molar-refractivity contribution in [2.75, 3.05) is 6.61 Å². The molecule has 1 aliphatic rings. The van der Waals surface area contributed by atoms with Crippen molar-refractivity contribution in [2.45, 2.75) is 18.9 Å². The van der Waals surface area contributed by atoms with E-state index in [4.69, 9.17) is 4.74 Å². The first kappa shape index (κ1) is 16.1. The number of benzene rings is 2. The van der Waals surface area contributed by atoms with Crippen LogP contribution in [-0.4, -0.2) is 23.4 Å². The number of nitrogens with zero attached hydrogens (tertiary/aromatic N) is 1. The molecule has 0 amide bonds. The van der Waals surface area contributed by atoms with Gasteiger partial charge in [0.15, 0.2) is 5.78 Å². The molecule has 1 atom stereocenters. The number of nitro benzene ring substituents is 1. The van der Waals surface area contributed by atoms with Gasteiger partial charge >= 0.3 is 0 Å². The van der Waals surface area contributed by atoms with E-state index in [1.165, 1.54) is 6.07 Å². The van der Waals surface area contributed by atoms with E-state index in [9.17, 15) is 14.9 Å². The number of carbonyl (C=O) groups is 1. The topological polar surface area (TPSA) is 69.4 Å². The summed E-state index contributed by atoms with van der Waals surface area (Å²) in [6.07, 6.45) is 5.87. The highest BCUT2D eigenvalue weighted by atomic mass is 16.6. The molecule has 24 heavy (non-hydrogen) atoms. The molecule has 1 fully saturated rings. The maximum Gasteiger partial charge on any atom is 0.280 e. The largest absolute Gasteiger partial charge is 0.374 e. The molecule has 5 heteroatoms. The second kappa shape index (κ2) is 7.19. The summed E-state index contributed by atoms with van der Waals surface area (Å²) in [5.74, 6) is -0.352. The Morgan fingerprint density at radius 3 is 2.67 bits per heavy atom. The molecule has 0 bridgehead atoms. The maximum atomic E-state index is 12.6. The first-order chi connectivity index (χ1) is 11.6. The molecule has 0 radical (unpaired) electrons. The summed E-state index contributed by atoms with van der Waals surface area (Å²) in [6.45, 7) is 0.757. The lowest BCUT2D eigenvalue weighted by molar-refractivity contribution is -0.385. The average molecular weight is 323 g/mol. The minimum absolute atomic E-state index is 0.0773. The molecular formula is C19H17NO4. The number of rotatable bonds is 5. The Labute approximate surface area is 139 Å². The van der Waals surface area contributed by atoms with Crippen LogP contribution in [0.5, 0.6) is 0 Å². The second-order valence-electron chi connectivity index (χ2n) is 5.64. The first-order valence-corrected chi connectivity index (χ1v) is 7.83. The van der Waals surface area contributed by atoms with Gasteiger partial charge in [0.1, 0.15) is 5.56 Å². The molecule has 0 saturated carbocycles. The molecule has 3 rings (SSSR count). The van der Waals surface area contributed by atoms with Crippen LogP contribution in [0.4, 0.5) is 5.69 Å². The molecule has 0 aliphatic carbocycles. The number of carbonyl (C=O) groups excluding carboxylic acids is 1. The molecule has 0 spiro atoms. The Hall–Kier alpha value is -2.79. The zero-order chi connectivity index (χ0) is 16.9. The van der Waals surface area contributed by atoms with Crippen LogP contribution >= 0.6 is 0 Å². The van der Waals surface area contributed by atoms with Crippen LogP contribution in [0.2, 0.25) is 0 Å². The number of nitro groups is 1. The van der Waals surface area contributed by atoms with Crippen LogP contribution in [0.3, 0.4) is 0 Å². The predicted octanol–water partition coefficient (Wildman–Crippen LogP) is 4.02. The summed E-state index contributed by atoms with van der Waals surface area (Å²) in [5.41, 5.74) is 1.09. The Morgan fingerprint density at radius 2 is 2.00 bits per heavy atom. The molecule has 1 unspecified atom stereocenters. The monoisotopic (exact) mass is 323 g/mol. The van der Waals surface area contributed by atoms with Gasteiger partial charge in [0, 0.05) is 18.2 Å². The number of hydrogen-bond donors (Lipinski definition) is 0. The van der Waals surface area contributed by atoms with E-state index >= 15 is 0 Å². The van der Waals surface area contributed by atoms with Gasteiger partial charge in [0.05, 0.1) is 11.0 Å². The van der Waals surface area contributed by atoms with Crippen LogP contribution < -0.4 is 0 Å². The lowest BCUT2D eigenvalue weighted by atomic mass is 9.99. The Morgan fingerprint density at radius 1 is 1.21 bits per heavy atom. The average Bonchev–Trinajstić information content (AvgIpc) is 3.13. The van der Waals surface area contributed by atoms with E-state index in [1.807, 2.05) is 12.2 Å². The molecule has 0 N–H and O–H groups in total. The third-order valence-electron chi connectivity index (χ3n) is 3.97. The highest BCUT2D eigenvalue weighted by Gasteiger charge is 2.21. The Kier molecular flexibility index (Phi) is 4.82. The highest BCUT2D eigenvalue weighted by Crippen LogP contribution is 2.24. The Bertz CT molecular complexity index is 777. The van der Waals surface area contributed by atoms with Gasteiger partial charge in [0.2, 0.25) is 0 Å². The molecule has 1 aliphatic heterocycles. The van der Waals surface area contributed by atoms with Crippen LogP contribution in [0.15, 0.2) is 54.6 Å². The van der Waals surface area contributed by atoms with Gasteiger partial charge in [-0.2, -0.15) is 0 Å². The molecule has 1 heterocycles. The van der Waals surface area contributed by atoms with Crippen molar-refractivity contribution in [3.63, 3.8) is 0 Å². The van der Waals surface area contributed by atoms with Gasteiger partial charge in [-0.15, -0.1) is 0 Å². The lowest BCUT2D eigenvalue weighted by Gasteiger charge is -2.05. The summed E-state index contributed by atoms with van der Waals surface area (Å²) in [4.78, 5) is 23.4. The van der Waals surface area contributed by atoms with E-state index in [1.54, 1.807) is 42.5 Å². The van der Waals surface area contributed by atoms with Crippen molar-refractivity contribution in [1.29, 1.82) is 0 Å². The van der Waals surface area contributed by atoms with Crippen molar-refractivity contribution in [3.05, 3.63) is 81.4 Å². The minimum Gasteiger partial charge on any atom is -0.374 e. The van der Waals surface area contributed by atoms with Crippen molar-refractivity contribution >= 4 is 17.5 Å². The van der Waals surface area contributed by atoms with Gasteiger partial charge in [-0.25, -0.2) is 0 Å². The van der Waals surface area contributed by atoms with Crippen LogP contribution in [-0.2, 0) is 4.74 Å². The van der Waals surface area contributed by atoms with Crippen LogP contribution in [0, 0.1) is 10.1 Å². The minimum atomic E-state index is -0.524. The number of ether oxygens (including phenoxy) is 1. The van der Waals surface area contributed by atoms with Crippen LogP contribution in [0.1, 0.15) is 34.3 Å². The van der Waals surface area contributed by atoms with E-state index in [2.05, 4.69) is 0 Å². The fourth-order valence-electron chi connectivity index (χ4n) is 2.72. The van der Waals surface area contributed by atoms with E-state index in [-0.39, 0.29) is 23.1 Å². The number of hydrogen-bond acceptors (Lipinski definition) is 4. The van der Waals surface area contributed by atoms with Crippen molar-refractivity contribution in [3.8, 4) is 0 Å². The fourth-order valence-corrected chi connectivity index (χ4v) is 2.72. The molecule has 2 aromatic rings. The molecular weight excluding hydrogens is 306 g/mol. The van der Waals surface area contributed by atoms with E-state index in [0.717, 1.165) is 25.0 Å². The Balaban J connectivity index is 1.94. The summed E-state index contributed by atoms with van der Waals surface area (Å²) in [6, 6.07) is 13.2. The maximum absolute atomic E-state index is 12.6. The van der Waals surface area contributed by atoms with Crippen LogP contribution in [0.25, 0.3) is 6.08 Å². The molecule has 0 aromatic heterocycles. The quantitative estimate of drug-likeness (QED) is 0.473. The fraction of sp³-hybridized carbons (Fsp3) is 0.211. The lowest BCUT2D eigenvalue weighted by Crippen LogP contribution is -2.06. The van der Waals surface area contributed by atoms with E-state index in [0.29, 0.717) is 5.56 Å². The summed E-state index contributed by atoms with van der Waals surface area (Å²) in [7, 11) is 0. The highest BCUT2D eigenvalue weighted by molar-refractivity contribution is 6.11.